The number of rotatable bonds is 6. The van der Waals surface area contributed by atoms with Crippen LogP contribution < -0.4 is 10.6 Å². The summed E-state index contributed by atoms with van der Waals surface area (Å²) >= 11 is 0. The molecule has 0 spiro atoms. The van der Waals surface area contributed by atoms with Crippen molar-refractivity contribution in [1.82, 2.24) is 15.5 Å². The minimum absolute atomic E-state index is 0.204. The topological polar surface area (TPSA) is 100 Å². The Balaban J connectivity index is 1.99. The van der Waals surface area contributed by atoms with Gasteiger partial charge in [0.2, 0.25) is 11.7 Å². The molecule has 0 aliphatic heterocycles. The highest BCUT2D eigenvalue weighted by molar-refractivity contribution is 5.89. The maximum absolute atomic E-state index is 12.0. The van der Waals surface area contributed by atoms with Gasteiger partial charge >= 0.3 is 6.03 Å². The van der Waals surface area contributed by atoms with Crippen LogP contribution in [-0.4, -0.2) is 33.4 Å². The molecule has 1 aromatic heterocycles. The standard InChI is InChI=1S/C16H22N4O3/c1-4-16(22,5-2)10-17-15(21)19-13-8-6-7-12(9-13)14-18-11(3)23-20-14/h6-9,22H,4-5,10H2,1-3H3,(H2,17,19,21). The second kappa shape index (κ2) is 7.23. The highest BCUT2D eigenvalue weighted by Gasteiger charge is 2.22. The predicted molar refractivity (Wildman–Crippen MR) is 87.0 cm³/mol. The molecule has 0 atom stereocenters. The highest BCUT2D eigenvalue weighted by Crippen LogP contribution is 2.20. The van der Waals surface area contributed by atoms with Gasteiger partial charge < -0.3 is 20.3 Å². The van der Waals surface area contributed by atoms with Gasteiger partial charge in [-0.25, -0.2) is 4.79 Å². The zero-order valence-corrected chi connectivity index (χ0v) is 13.6. The average molecular weight is 318 g/mol. The lowest BCUT2D eigenvalue weighted by Crippen LogP contribution is -2.43. The number of benzene rings is 1. The number of urea groups is 1. The van der Waals surface area contributed by atoms with Crippen LogP contribution in [0.3, 0.4) is 0 Å². The van der Waals surface area contributed by atoms with E-state index in [0.29, 0.717) is 30.2 Å². The molecule has 0 radical (unpaired) electrons. The van der Waals surface area contributed by atoms with Crippen molar-refractivity contribution in [1.29, 1.82) is 0 Å². The molecule has 1 aromatic carbocycles. The Bertz CT molecular complexity index is 665. The Labute approximate surface area is 135 Å². The largest absolute Gasteiger partial charge is 0.388 e. The average Bonchev–Trinajstić information content (AvgIpc) is 2.99. The van der Waals surface area contributed by atoms with Crippen molar-refractivity contribution >= 4 is 11.7 Å². The van der Waals surface area contributed by atoms with Gasteiger partial charge in [0.15, 0.2) is 0 Å². The second-order valence-corrected chi connectivity index (χ2v) is 5.46. The number of anilines is 1. The lowest BCUT2D eigenvalue weighted by molar-refractivity contribution is 0.0354. The monoisotopic (exact) mass is 318 g/mol. The first-order chi connectivity index (χ1) is 11.0. The summed E-state index contributed by atoms with van der Waals surface area (Å²) in [5, 5.41) is 19.4. The Morgan fingerprint density at radius 3 is 2.70 bits per heavy atom. The van der Waals surface area contributed by atoms with Gasteiger partial charge in [-0.2, -0.15) is 4.98 Å². The first-order valence-electron chi connectivity index (χ1n) is 7.64. The second-order valence-electron chi connectivity index (χ2n) is 5.46. The molecule has 124 valence electrons. The Morgan fingerprint density at radius 2 is 2.09 bits per heavy atom. The molecule has 3 N–H and O–H groups in total. The smallest absolute Gasteiger partial charge is 0.319 e. The molecule has 7 nitrogen and oxygen atoms in total. The Morgan fingerprint density at radius 1 is 1.35 bits per heavy atom. The fourth-order valence-electron chi connectivity index (χ4n) is 2.07. The van der Waals surface area contributed by atoms with E-state index in [1.165, 1.54) is 0 Å². The van der Waals surface area contributed by atoms with Crippen LogP contribution in [0.25, 0.3) is 11.4 Å². The summed E-state index contributed by atoms with van der Waals surface area (Å²) in [5.74, 6) is 0.951. The van der Waals surface area contributed by atoms with Crippen molar-refractivity contribution in [3.05, 3.63) is 30.2 Å². The molecule has 1 heterocycles. The van der Waals surface area contributed by atoms with Gasteiger partial charge in [0.25, 0.3) is 0 Å². The van der Waals surface area contributed by atoms with Crippen LogP contribution in [0.2, 0.25) is 0 Å². The van der Waals surface area contributed by atoms with Gasteiger partial charge in [0.1, 0.15) is 0 Å². The fraction of sp³-hybridized carbons (Fsp3) is 0.438. The highest BCUT2D eigenvalue weighted by atomic mass is 16.5. The molecule has 0 aliphatic carbocycles. The lowest BCUT2D eigenvalue weighted by Gasteiger charge is -2.25. The van der Waals surface area contributed by atoms with Crippen LogP contribution in [0.15, 0.2) is 28.8 Å². The van der Waals surface area contributed by atoms with Crippen molar-refractivity contribution in [2.75, 3.05) is 11.9 Å². The van der Waals surface area contributed by atoms with Crippen molar-refractivity contribution < 1.29 is 14.4 Å². The van der Waals surface area contributed by atoms with Gasteiger partial charge in [-0.1, -0.05) is 31.1 Å². The van der Waals surface area contributed by atoms with Gasteiger partial charge in [-0.3, -0.25) is 0 Å². The maximum Gasteiger partial charge on any atom is 0.319 e. The maximum atomic E-state index is 12.0. The molecule has 0 saturated carbocycles. The zero-order chi connectivity index (χ0) is 16.9. The normalized spacial score (nSPS) is 11.3. The van der Waals surface area contributed by atoms with Crippen molar-refractivity contribution in [2.45, 2.75) is 39.2 Å². The first kappa shape index (κ1) is 17.0. The number of hydrogen-bond donors (Lipinski definition) is 3. The number of hydrogen-bond acceptors (Lipinski definition) is 5. The Kier molecular flexibility index (Phi) is 5.33. The number of aromatic nitrogens is 2. The summed E-state index contributed by atoms with van der Waals surface area (Å²) in [7, 11) is 0. The van der Waals surface area contributed by atoms with Gasteiger partial charge in [0, 0.05) is 24.7 Å². The molecular formula is C16H22N4O3. The summed E-state index contributed by atoms with van der Waals surface area (Å²) < 4.78 is 4.95. The molecular weight excluding hydrogens is 296 g/mol. The number of nitrogens with zero attached hydrogens (tertiary/aromatic N) is 2. The number of aryl methyl sites for hydroxylation is 1. The third-order valence-corrected chi connectivity index (χ3v) is 3.80. The summed E-state index contributed by atoms with van der Waals surface area (Å²) in [6.45, 7) is 5.70. The summed E-state index contributed by atoms with van der Waals surface area (Å²) in [6.07, 6.45) is 1.16. The summed E-state index contributed by atoms with van der Waals surface area (Å²) in [6, 6.07) is 6.79. The number of amides is 2. The Hall–Kier alpha value is -2.41. The molecule has 23 heavy (non-hydrogen) atoms. The van der Waals surface area contributed by atoms with Crippen LogP contribution in [0.1, 0.15) is 32.6 Å². The van der Waals surface area contributed by atoms with Crippen LogP contribution >= 0.6 is 0 Å². The van der Waals surface area contributed by atoms with E-state index in [1.807, 2.05) is 19.9 Å². The van der Waals surface area contributed by atoms with E-state index < -0.39 is 5.60 Å². The molecule has 2 rings (SSSR count). The van der Waals surface area contributed by atoms with Gasteiger partial charge in [0.05, 0.1) is 5.60 Å². The molecule has 0 unspecified atom stereocenters. The van der Waals surface area contributed by atoms with Gasteiger partial charge in [-0.05, 0) is 25.0 Å². The number of carbonyl (C=O) groups is 1. The molecule has 2 amide bonds. The van der Waals surface area contributed by atoms with Crippen LogP contribution in [0.5, 0.6) is 0 Å². The van der Waals surface area contributed by atoms with E-state index >= 15 is 0 Å². The van der Waals surface area contributed by atoms with E-state index in [0.717, 1.165) is 5.56 Å². The summed E-state index contributed by atoms with van der Waals surface area (Å²) in [5.41, 5.74) is 0.485. The third kappa shape index (κ3) is 4.53. The van der Waals surface area contributed by atoms with Crippen LogP contribution in [0, 0.1) is 6.92 Å². The molecule has 0 fully saturated rings. The number of nitrogens with one attached hydrogen (secondary N) is 2. The van der Waals surface area contributed by atoms with E-state index in [4.69, 9.17) is 4.52 Å². The van der Waals surface area contributed by atoms with E-state index in [-0.39, 0.29) is 12.6 Å². The van der Waals surface area contributed by atoms with Crippen LogP contribution in [0.4, 0.5) is 10.5 Å². The van der Waals surface area contributed by atoms with E-state index in [9.17, 15) is 9.90 Å². The van der Waals surface area contributed by atoms with E-state index in [1.54, 1.807) is 25.1 Å². The minimum Gasteiger partial charge on any atom is -0.388 e. The van der Waals surface area contributed by atoms with Crippen molar-refractivity contribution in [3.63, 3.8) is 0 Å². The van der Waals surface area contributed by atoms with Gasteiger partial charge in [-0.15, -0.1) is 0 Å². The zero-order valence-electron chi connectivity index (χ0n) is 13.6. The number of aliphatic hydroxyl groups is 1. The fourth-order valence-corrected chi connectivity index (χ4v) is 2.07. The molecule has 7 heteroatoms. The molecule has 2 aromatic rings. The first-order valence-corrected chi connectivity index (χ1v) is 7.64. The minimum atomic E-state index is -0.874. The van der Waals surface area contributed by atoms with Crippen molar-refractivity contribution in [2.24, 2.45) is 0 Å². The molecule has 0 aliphatic rings. The third-order valence-electron chi connectivity index (χ3n) is 3.80. The SMILES string of the molecule is CCC(O)(CC)CNC(=O)Nc1cccc(-c2noc(C)n2)c1. The summed E-state index contributed by atoms with van der Waals surface area (Å²) in [4.78, 5) is 16.1. The predicted octanol–water partition coefficient (Wildman–Crippen LogP) is 2.72. The molecule has 0 bridgehead atoms. The van der Waals surface area contributed by atoms with Crippen LogP contribution in [-0.2, 0) is 0 Å². The van der Waals surface area contributed by atoms with E-state index in [2.05, 4.69) is 20.8 Å². The quantitative estimate of drug-likeness (QED) is 0.760. The lowest BCUT2D eigenvalue weighted by atomic mass is 9.98. The van der Waals surface area contributed by atoms with Crippen molar-refractivity contribution in [3.8, 4) is 11.4 Å². The number of carbonyl (C=O) groups excluding carboxylic acids is 1. The molecule has 0 saturated heterocycles.